The predicted octanol–water partition coefficient (Wildman–Crippen LogP) is 4.05. The zero-order chi connectivity index (χ0) is 23.6. The summed E-state index contributed by atoms with van der Waals surface area (Å²) in [6.07, 6.45) is 9.04. The summed E-state index contributed by atoms with van der Waals surface area (Å²) in [6, 6.07) is 1.90. The molecule has 1 N–H and O–H groups in total. The molecule has 184 valence electrons. The number of halogens is 1. The molecule has 6 nitrogen and oxygen atoms in total. The maximum Gasteiger partial charge on any atom is 0.331 e. The third-order valence-corrected chi connectivity index (χ3v) is 9.12. The Morgan fingerprint density at radius 3 is 2.32 bits per heavy atom. The number of aliphatic hydroxyl groups excluding tert-OH is 1. The average molecular weight is 472 g/mol. The summed E-state index contributed by atoms with van der Waals surface area (Å²) in [5.74, 6) is 1.42. The molecule has 1 heterocycles. The van der Waals surface area contributed by atoms with Gasteiger partial charge in [0.15, 0.2) is 6.04 Å². The van der Waals surface area contributed by atoms with Gasteiger partial charge in [0.25, 0.3) is 5.91 Å². The van der Waals surface area contributed by atoms with Crippen molar-refractivity contribution in [2.75, 3.05) is 20.3 Å². The number of aliphatic hydroxyl groups is 1. The lowest BCUT2D eigenvalue weighted by atomic mass is 9.50. The molecule has 0 aromatic heterocycles. The van der Waals surface area contributed by atoms with Crippen LogP contribution < -0.4 is 4.74 Å². The minimum Gasteiger partial charge on any atom is -0.493 e. The van der Waals surface area contributed by atoms with E-state index in [0.717, 1.165) is 36.2 Å². The molecule has 1 aromatic rings. The second-order valence-electron chi connectivity index (χ2n) is 11.7. The third kappa shape index (κ3) is 3.80. The second kappa shape index (κ2) is 8.21. The quantitative estimate of drug-likeness (QED) is 0.634. The number of hydrogen-bond donors (Lipinski definition) is 1. The van der Waals surface area contributed by atoms with E-state index in [0.29, 0.717) is 12.4 Å². The van der Waals surface area contributed by atoms with Gasteiger partial charge in [0.1, 0.15) is 11.6 Å². The highest BCUT2D eigenvalue weighted by Crippen LogP contribution is 2.60. The van der Waals surface area contributed by atoms with E-state index in [4.69, 9.17) is 9.47 Å². The highest BCUT2D eigenvalue weighted by Gasteiger charge is 2.51. The van der Waals surface area contributed by atoms with E-state index in [1.165, 1.54) is 56.6 Å². The van der Waals surface area contributed by atoms with Gasteiger partial charge in [-0.05, 0) is 93.1 Å². The van der Waals surface area contributed by atoms with E-state index >= 15 is 4.39 Å². The van der Waals surface area contributed by atoms with Crippen LogP contribution in [0.15, 0.2) is 12.1 Å². The second-order valence-corrected chi connectivity index (χ2v) is 11.7. The Hall–Kier alpha value is -2.15. The molecular formula is C27H34FNO5. The van der Waals surface area contributed by atoms with E-state index < -0.39 is 29.8 Å². The van der Waals surface area contributed by atoms with E-state index in [1.54, 1.807) is 6.07 Å². The lowest BCUT2D eigenvalue weighted by Crippen LogP contribution is -2.48. The van der Waals surface area contributed by atoms with E-state index in [2.05, 4.69) is 0 Å². The van der Waals surface area contributed by atoms with Crippen molar-refractivity contribution in [3.63, 3.8) is 0 Å². The number of nitrogens with zero attached hydrogens (tertiary/aromatic N) is 1. The normalized spacial score (nSPS) is 36.1. The third-order valence-electron chi connectivity index (χ3n) is 9.12. The van der Waals surface area contributed by atoms with Gasteiger partial charge in [0, 0.05) is 18.0 Å². The van der Waals surface area contributed by atoms with Crippen molar-refractivity contribution < 1.29 is 28.6 Å². The Morgan fingerprint density at radius 1 is 1.09 bits per heavy atom. The van der Waals surface area contributed by atoms with E-state index in [-0.39, 0.29) is 29.9 Å². The number of amides is 1. The number of rotatable bonds is 6. The Morgan fingerprint density at radius 2 is 1.74 bits per heavy atom. The summed E-state index contributed by atoms with van der Waals surface area (Å²) in [5, 5.41) is 10.2. The van der Waals surface area contributed by atoms with Crippen LogP contribution in [0.3, 0.4) is 0 Å². The molecule has 2 atom stereocenters. The summed E-state index contributed by atoms with van der Waals surface area (Å²) < 4.78 is 26.5. The average Bonchev–Trinajstić information content (AvgIpc) is 3.57. The van der Waals surface area contributed by atoms with Crippen molar-refractivity contribution >= 4 is 11.9 Å². The predicted molar refractivity (Wildman–Crippen MR) is 122 cm³/mol. The molecule has 0 radical (unpaired) electrons. The zero-order valence-corrected chi connectivity index (χ0v) is 19.8. The van der Waals surface area contributed by atoms with Crippen LogP contribution in [0.5, 0.6) is 5.75 Å². The lowest BCUT2D eigenvalue weighted by Gasteiger charge is -2.56. The Labute approximate surface area is 199 Å². The molecule has 1 amide bonds. The van der Waals surface area contributed by atoms with Crippen LogP contribution in [0.2, 0.25) is 0 Å². The monoisotopic (exact) mass is 471 g/mol. The van der Waals surface area contributed by atoms with E-state index in [9.17, 15) is 14.7 Å². The van der Waals surface area contributed by atoms with Crippen molar-refractivity contribution in [2.24, 2.45) is 23.2 Å². The Bertz CT molecular complexity index is 970. The van der Waals surface area contributed by atoms with Crippen molar-refractivity contribution in [3.8, 4) is 5.75 Å². The Kier molecular flexibility index (Phi) is 5.39. The molecule has 34 heavy (non-hydrogen) atoms. The van der Waals surface area contributed by atoms with Crippen LogP contribution in [-0.2, 0) is 9.53 Å². The number of benzene rings is 1. The summed E-state index contributed by atoms with van der Waals surface area (Å²) in [6.45, 7) is 0.813. The number of ether oxygens (including phenoxy) is 2. The molecule has 0 unspecified atom stereocenters. The molecule has 1 aliphatic heterocycles. The smallest absolute Gasteiger partial charge is 0.331 e. The molecule has 1 aromatic carbocycles. The summed E-state index contributed by atoms with van der Waals surface area (Å²) >= 11 is 0. The SMILES string of the molecule is COC(=O)[C@@H]1[C@@H](O)CCN1C(=O)c1cc(C2CC2)c(OCC23CC4CC(CC(C4)C2)C3)cc1F. The molecular weight excluding hydrogens is 437 g/mol. The molecule has 6 fully saturated rings. The highest BCUT2D eigenvalue weighted by atomic mass is 19.1. The first-order valence-corrected chi connectivity index (χ1v) is 12.9. The summed E-state index contributed by atoms with van der Waals surface area (Å²) in [5.41, 5.74) is 1.05. The van der Waals surface area contributed by atoms with Crippen LogP contribution in [-0.4, -0.2) is 54.3 Å². The van der Waals surface area contributed by atoms with Gasteiger partial charge in [-0.3, -0.25) is 4.79 Å². The molecule has 1 saturated heterocycles. The number of likely N-dealkylation sites (tertiary alicyclic amines) is 1. The molecule has 6 aliphatic rings. The summed E-state index contributed by atoms with van der Waals surface area (Å²) in [4.78, 5) is 26.7. The van der Waals surface area contributed by atoms with Crippen LogP contribution >= 0.6 is 0 Å². The number of carbonyl (C=O) groups is 2. The number of carbonyl (C=O) groups excluding carboxylic acids is 2. The van der Waals surface area contributed by atoms with Gasteiger partial charge < -0.3 is 19.5 Å². The first-order valence-electron chi connectivity index (χ1n) is 12.9. The van der Waals surface area contributed by atoms with Crippen LogP contribution in [0, 0.1) is 29.0 Å². The standard InChI is InChI=1S/C27H34FNO5/c1-33-26(32)24-22(30)4-5-29(24)25(31)20-9-19(18-2-3-18)23(10-21(20)28)34-14-27-11-15-6-16(12-27)8-17(7-15)13-27/h9-10,15-18,22,24,30H,2-8,11-14H2,1H3/t15?,16?,17?,22-,24-,27?/m0/s1. The van der Waals surface area contributed by atoms with Crippen molar-refractivity contribution in [3.05, 3.63) is 29.1 Å². The largest absolute Gasteiger partial charge is 0.493 e. The minimum absolute atomic E-state index is 0.0629. The van der Waals surface area contributed by atoms with E-state index in [1.807, 2.05) is 0 Å². The molecule has 5 saturated carbocycles. The molecule has 0 spiro atoms. The number of hydrogen-bond acceptors (Lipinski definition) is 5. The van der Waals surface area contributed by atoms with Crippen molar-refractivity contribution in [1.29, 1.82) is 0 Å². The fraction of sp³-hybridized carbons (Fsp3) is 0.704. The fourth-order valence-corrected chi connectivity index (χ4v) is 7.84. The number of methoxy groups -OCH3 is 1. The van der Waals surface area contributed by atoms with Crippen LogP contribution in [0.25, 0.3) is 0 Å². The van der Waals surface area contributed by atoms with Gasteiger partial charge >= 0.3 is 5.97 Å². The summed E-state index contributed by atoms with van der Waals surface area (Å²) in [7, 11) is 1.22. The van der Waals surface area contributed by atoms with Crippen molar-refractivity contribution in [2.45, 2.75) is 75.9 Å². The van der Waals surface area contributed by atoms with Crippen molar-refractivity contribution in [1.82, 2.24) is 4.90 Å². The highest BCUT2D eigenvalue weighted by molar-refractivity contribution is 5.98. The van der Waals surface area contributed by atoms with Gasteiger partial charge in [0.05, 0.1) is 25.4 Å². The molecule has 4 bridgehead atoms. The molecule has 7 rings (SSSR count). The lowest BCUT2D eigenvalue weighted by molar-refractivity contribution is -0.147. The van der Waals surface area contributed by atoms with Gasteiger partial charge in [-0.15, -0.1) is 0 Å². The first-order chi connectivity index (χ1) is 16.4. The molecule has 5 aliphatic carbocycles. The Balaban J connectivity index is 1.24. The minimum atomic E-state index is -1.10. The maximum atomic E-state index is 15.3. The topological polar surface area (TPSA) is 76.1 Å². The maximum absolute atomic E-state index is 15.3. The number of esters is 1. The van der Waals surface area contributed by atoms with Gasteiger partial charge in [0.2, 0.25) is 0 Å². The van der Waals surface area contributed by atoms with Crippen LogP contribution in [0.1, 0.15) is 79.6 Å². The van der Waals surface area contributed by atoms with Gasteiger partial charge in [-0.25, -0.2) is 9.18 Å². The first kappa shape index (κ1) is 22.3. The fourth-order valence-electron chi connectivity index (χ4n) is 7.84. The molecule has 7 heteroatoms. The van der Waals surface area contributed by atoms with Gasteiger partial charge in [-0.2, -0.15) is 0 Å². The van der Waals surface area contributed by atoms with Gasteiger partial charge in [-0.1, -0.05) is 0 Å². The van der Waals surface area contributed by atoms with Crippen LogP contribution in [0.4, 0.5) is 4.39 Å². The zero-order valence-electron chi connectivity index (χ0n) is 19.8.